The van der Waals surface area contributed by atoms with Gasteiger partial charge in [-0.05, 0) is 30.9 Å². The fraction of sp³-hybridized carbons (Fsp3) is 0.643. The molecule has 0 saturated heterocycles. The monoisotopic (exact) mass is 236 g/mol. The van der Waals surface area contributed by atoms with Crippen molar-refractivity contribution in [3.8, 4) is 0 Å². The molecule has 0 N–H and O–H groups in total. The Kier molecular flexibility index (Phi) is 3.97. The van der Waals surface area contributed by atoms with Crippen molar-refractivity contribution < 1.29 is 4.39 Å². The maximum atomic E-state index is 13.2. The minimum Gasteiger partial charge on any atom is -0.353 e. The standard InChI is InChI=1S/C14H21FN2/c1-11(2)10-17(12-6-3-4-7-12)14-9-5-8-13(15)16-14/h5,8-9,11-12H,3-4,6-7,10H2,1-2H3. The predicted octanol–water partition coefficient (Wildman–Crippen LogP) is 3.63. The van der Waals surface area contributed by atoms with Crippen molar-refractivity contribution in [1.82, 2.24) is 4.98 Å². The van der Waals surface area contributed by atoms with Gasteiger partial charge in [0.2, 0.25) is 5.95 Å². The summed E-state index contributed by atoms with van der Waals surface area (Å²) in [6.45, 7) is 5.35. The number of hydrogen-bond acceptors (Lipinski definition) is 2. The maximum Gasteiger partial charge on any atom is 0.214 e. The molecule has 1 heterocycles. The van der Waals surface area contributed by atoms with Crippen LogP contribution in [0.25, 0.3) is 0 Å². The molecule has 1 aliphatic carbocycles. The summed E-state index contributed by atoms with van der Waals surface area (Å²) < 4.78 is 13.2. The minimum absolute atomic E-state index is 0.380. The van der Waals surface area contributed by atoms with Gasteiger partial charge in [0.05, 0.1) is 0 Å². The highest BCUT2D eigenvalue weighted by atomic mass is 19.1. The number of hydrogen-bond donors (Lipinski definition) is 0. The largest absolute Gasteiger partial charge is 0.353 e. The SMILES string of the molecule is CC(C)CN(c1cccc(F)n1)C1CCCC1. The minimum atomic E-state index is -0.380. The predicted molar refractivity (Wildman–Crippen MR) is 68.6 cm³/mol. The van der Waals surface area contributed by atoms with Crippen LogP contribution < -0.4 is 4.90 Å². The molecule has 0 atom stereocenters. The molecule has 1 saturated carbocycles. The average Bonchev–Trinajstić information content (AvgIpc) is 2.79. The van der Waals surface area contributed by atoms with Crippen molar-refractivity contribution in [2.24, 2.45) is 5.92 Å². The van der Waals surface area contributed by atoms with Crippen molar-refractivity contribution >= 4 is 5.82 Å². The smallest absolute Gasteiger partial charge is 0.214 e. The molecule has 17 heavy (non-hydrogen) atoms. The summed E-state index contributed by atoms with van der Waals surface area (Å²) in [4.78, 5) is 6.32. The summed E-state index contributed by atoms with van der Waals surface area (Å²) in [6.07, 6.45) is 5.00. The van der Waals surface area contributed by atoms with Crippen molar-refractivity contribution in [2.45, 2.75) is 45.6 Å². The van der Waals surface area contributed by atoms with Crippen LogP contribution in [0.2, 0.25) is 0 Å². The lowest BCUT2D eigenvalue weighted by atomic mass is 10.1. The fourth-order valence-electron chi connectivity index (χ4n) is 2.60. The Morgan fingerprint density at radius 3 is 2.65 bits per heavy atom. The highest BCUT2D eigenvalue weighted by Crippen LogP contribution is 2.27. The second kappa shape index (κ2) is 5.48. The first-order valence-corrected chi connectivity index (χ1v) is 6.56. The van der Waals surface area contributed by atoms with Gasteiger partial charge in [-0.3, -0.25) is 0 Å². The summed E-state index contributed by atoms with van der Waals surface area (Å²) in [7, 11) is 0. The second-order valence-electron chi connectivity index (χ2n) is 5.30. The molecule has 1 aliphatic rings. The number of anilines is 1. The summed E-state index contributed by atoms with van der Waals surface area (Å²) in [5.74, 6) is 0.987. The highest BCUT2D eigenvalue weighted by molar-refractivity contribution is 5.39. The van der Waals surface area contributed by atoms with Crippen molar-refractivity contribution in [3.63, 3.8) is 0 Å². The molecule has 94 valence electrons. The van der Waals surface area contributed by atoms with Gasteiger partial charge in [0, 0.05) is 12.6 Å². The molecule has 2 nitrogen and oxygen atoms in total. The van der Waals surface area contributed by atoms with E-state index in [2.05, 4.69) is 23.7 Å². The first kappa shape index (κ1) is 12.3. The van der Waals surface area contributed by atoms with E-state index in [-0.39, 0.29) is 5.95 Å². The Bertz CT molecular complexity index is 359. The molecule has 1 aromatic rings. The van der Waals surface area contributed by atoms with Gasteiger partial charge in [-0.15, -0.1) is 0 Å². The normalized spacial score (nSPS) is 16.7. The van der Waals surface area contributed by atoms with Crippen LogP contribution in [-0.4, -0.2) is 17.6 Å². The molecule has 1 aromatic heterocycles. The van der Waals surface area contributed by atoms with Crippen LogP contribution in [0.15, 0.2) is 18.2 Å². The van der Waals surface area contributed by atoms with Crippen molar-refractivity contribution in [3.05, 3.63) is 24.1 Å². The fourth-order valence-corrected chi connectivity index (χ4v) is 2.60. The van der Waals surface area contributed by atoms with E-state index >= 15 is 0 Å². The second-order valence-corrected chi connectivity index (χ2v) is 5.30. The van der Waals surface area contributed by atoms with Gasteiger partial charge < -0.3 is 4.90 Å². The molecular formula is C14H21FN2. The first-order valence-electron chi connectivity index (χ1n) is 6.56. The van der Waals surface area contributed by atoms with Crippen LogP contribution in [0.5, 0.6) is 0 Å². The molecule has 0 aliphatic heterocycles. The van der Waals surface area contributed by atoms with Crippen molar-refractivity contribution in [2.75, 3.05) is 11.4 Å². The van der Waals surface area contributed by atoms with Gasteiger partial charge in [0.25, 0.3) is 0 Å². The Morgan fingerprint density at radius 2 is 2.06 bits per heavy atom. The molecule has 0 unspecified atom stereocenters. The van der Waals surface area contributed by atoms with Crippen LogP contribution >= 0.6 is 0 Å². The lowest BCUT2D eigenvalue weighted by Gasteiger charge is -2.31. The molecule has 0 spiro atoms. The van der Waals surface area contributed by atoms with E-state index in [1.54, 1.807) is 6.07 Å². The van der Waals surface area contributed by atoms with Gasteiger partial charge in [0.1, 0.15) is 5.82 Å². The molecule has 0 amide bonds. The molecule has 0 radical (unpaired) electrons. The van der Waals surface area contributed by atoms with Crippen LogP contribution in [0.3, 0.4) is 0 Å². The summed E-state index contributed by atoms with van der Waals surface area (Å²) in [5, 5.41) is 0. The van der Waals surface area contributed by atoms with E-state index in [0.29, 0.717) is 12.0 Å². The number of aromatic nitrogens is 1. The third-order valence-corrected chi connectivity index (χ3v) is 3.32. The molecule has 1 fully saturated rings. The van der Waals surface area contributed by atoms with Gasteiger partial charge in [0.15, 0.2) is 0 Å². The maximum absolute atomic E-state index is 13.2. The van der Waals surface area contributed by atoms with Gasteiger partial charge in [-0.2, -0.15) is 4.39 Å². The third kappa shape index (κ3) is 3.18. The van der Waals surface area contributed by atoms with Gasteiger partial charge in [-0.25, -0.2) is 4.98 Å². The number of rotatable bonds is 4. The zero-order valence-corrected chi connectivity index (χ0v) is 10.7. The number of pyridine rings is 1. The molecule has 0 aromatic carbocycles. The summed E-state index contributed by atoms with van der Waals surface area (Å²) >= 11 is 0. The van der Waals surface area contributed by atoms with E-state index in [1.165, 1.54) is 31.7 Å². The van der Waals surface area contributed by atoms with Crippen LogP contribution in [0, 0.1) is 11.9 Å². The Hall–Kier alpha value is -1.12. The Labute approximate surface area is 103 Å². The topological polar surface area (TPSA) is 16.1 Å². The van der Waals surface area contributed by atoms with Crippen molar-refractivity contribution in [1.29, 1.82) is 0 Å². The van der Waals surface area contributed by atoms with E-state index in [1.807, 2.05) is 6.07 Å². The highest BCUT2D eigenvalue weighted by Gasteiger charge is 2.24. The van der Waals surface area contributed by atoms with E-state index in [4.69, 9.17) is 0 Å². The zero-order chi connectivity index (χ0) is 12.3. The lowest BCUT2D eigenvalue weighted by Crippen LogP contribution is -2.37. The lowest BCUT2D eigenvalue weighted by molar-refractivity contribution is 0.521. The van der Waals surface area contributed by atoms with Gasteiger partial charge in [-0.1, -0.05) is 32.8 Å². The first-order chi connectivity index (χ1) is 8.16. The molecule has 0 bridgehead atoms. The van der Waals surface area contributed by atoms with Crippen LogP contribution in [-0.2, 0) is 0 Å². The van der Waals surface area contributed by atoms with E-state index in [9.17, 15) is 4.39 Å². The molecule has 3 heteroatoms. The third-order valence-electron chi connectivity index (χ3n) is 3.32. The molecule has 2 rings (SSSR count). The number of halogens is 1. The van der Waals surface area contributed by atoms with E-state index < -0.39 is 0 Å². The van der Waals surface area contributed by atoms with E-state index in [0.717, 1.165) is 12.4 Å². The molecular weight excluding hydrogens is 215 g/mol. The Morgan fingerprint density at radius 1 is 1.35 bits per heavy atom. The Balaban J connectivity index is 2.19. The van der Waals surface area contributed by atoms with Gasteiger partial charge >= 0.3 is 0 Å². The van der Waals surface area contributed by atoms with Crippen LogP contribution in [0.1, 0.15) is 39.5 Å². The van der Waals surface area contributed by atoms with Crippen LogP contribution in [0.4, 0.5) is 10.2 Å². The summed E-state index contributed by atoms with van der Waals surface area (Å²) in [5.41, 5.74) is 0. The number of nitrogens with zero attached hydrogens (tertiary/aromatic N) is 2. The quantitative estimate of drug-likeness (QED) is 0.742. The average molecular weight is 236 g/mol. The summed E-state index contributed by atoms with van der Waals surface area (Å²) in [6, 6.07) is 5.63. The zero-order valence-electron chi connectivity index (χ0n) is 10.7.